The van der Waals surface area contributed by atoms with Gasteiger partial charge >= 0.3 is 0 Å². The van der Waals surface area contributed by atoms with Crippen LogP contribution in [0.5, 0.6) is 0 Å². The van der Waals surface area contributed by atoms with Gasteiger partial charge in [-0.1, -0.05) is 0 Å². The Balaban J connectivity index is 1.59. The van der Waals surface area contributed by atoms with Crippen LogP contribution in [0.25, 0.3) is 0 Å². The summed E-state index contributed by atoms with van der Waals surface area (Å²) in [5.74, 6) is 0.153. The summed E-state index contributed by atoms with van der Waals surface area (Å²) >= 11 is 0. The smallest absolute Gasteiger partial charge is 0.259 e. The van der Waals surface area contributed by atoms with E-state index in [1.807, 2.05) is 29.6 Å². The molecule has 1 aliphatic heterocycles. The third-order valence-corrected chi connectivity index (χ3v) is 4.94. The van der Waals surface area contributed by atoms with Gasteiger partial charge in [0.2, 0.25) is 5.67 Å². The fourth-order valence-electron chi connectivity index (χ4n) is 3.25. The molecule has 1 amide bonds. The highest BCUT2D eigenvalue weighted by Gasteiger charge is 2.43. The lowest BCUT2D eigenvalue weighted by Gasteiger charge is -2.36. The predicted molar refractivity (Wildman–Crippen MR) is 86.7 cm³/mol. The van der Waals surface area contributed by atoms with Gasteiger partial charge in [-0.25, -0.2) is 4.39 Å². The summed E-state index contributed by atoms with van der Waals surface area (Å²) in [6.45, 7) is 7.17. The van der Waals surface area contributed by atoms with Gasteiger partial charge in [0.25, 0.3) is 5.91 Å². The summed E-state index contributed by atoms with van der Waals surface area (Å²) in [6, 6.07) is 0. The van der Waals surface area contributed by atoms with Crippen molar-refractivity contribution in [2.75, 3.05) is 19.6 Å². The van der Waals surface area contributed by atoms with Gasteiger partial charge < -0.3 is 5.32 Å². The first-order valence-electron chi connectivity index (χ1n) is 8.72. The lowest BCUT2D eigenvalue weighted by molar-refractivity contribution is -0.136. The van der Waals surface area contributed by atoms with Crippen molar-refractivity contribution in [1.82, 2.24) is 20.0 Å². The number of hydrogen-bond acceptors (Lipinski definition) is 3. The molecule has 1 atom stereocenters. The Morgan fingerprint density at radius 1 is 1.52 bits per heavy atom. The van der Waals surface area contributed by atoms with Crippen molar-refractivity contribution >= 4 is 5.91 Å². The third kappa shape index (κ3) is 3.91. The number of carbonyl (C=O) groups is 1. The minimum atomic E-state index is -1.75. The number of piperidine rings is 1. The number of amides is 1. The highest BCUT2D eigenvalue weighted by Crippen LogP contribution is 2.30. The van der Waals surface area contributed by atoms with E-state index in [-0.39, 0.29) is 6.54 Å². The van der Waals surface area contributed by atoms with Gasteiger partial charge in [0.15, 0.2) is 0 Å². The lowest BCUT2D eigenvalue weighted by atomic mass is 9.93. The van der Waals surface area contributed by atoms with Gasteiger partial charge in [0, 0.05) is 37.9 Å². The van der Waals surface area contributed by atoms with E-state index in [1.165, 1.54) is 0 Å². The summed E-state index contributed by atoms with van der Waals surface area (Å²) in [6.07, 6.45) is 5.39. The van der Waals surface area contributed by atoms with Crippen LogP contribution in [-0.4, -0.2) is 45.9 Å². The number of halogens is 1. The Kier molecular flexibility index (Phi) is 4.71. The largest absolute Gasteiger partial charge is 0.353 e. The molecule has 6 heteroatoms. The molecule has 1 aliphatic carbocycles. The van der Waals surface area contributed by atoms with E-state index < -0.39 is 11.6 Å². The van der Waals surface area contributed by atoms with E-state index in [9.17, 15) is 4.79 Å². The van der Waals surface area contributed by atoms with Crippen LogP contribution < -0.4 is 5.32 Å². The number of hydrogen-bond donors (Lipinski definition) is 1. The van der Waals surface area contributed by atoms with Crippen LogP contribution in [0.3, 0.4) is 0 Å². The number of aromatic nitrogens is 2. The third-order valence-electron chi connectivity index (χ3n) is 4.94. The maximum absolute atomic E-state index is 15.1. The average Bonchev–Trinajstić information content (AvgIpc) is 3.29. The first-order chi connectivity index (χ1) is 11.0. The van der Waals surface area contributed by atoms with E-state index in [0.717, 1.165) is 37.2 Å². The van der Waals surface area contributed by atoms with Crippen LogP contribution in [-0.2, 0) is 17.9 Å². The van der Waals surface area contributed by atoms with E-state index in [4.69, 9.17) is 0 Å². The Hall–Kier alpha value is -1.43. The SMILES string of the molecule is CCn1cc(CN2CCCC(F)(C(=O)NCC3CC3)C2)c(C)n1. The number of likely N-dealkylation sites (tertiary alicyclic amines) is 1. The van der Waals surface area contributed by atoms with Crippen LogP contribution in [0.2, 0.25) is 0 Å². The number of nitrogens with one attached hydrogen (secondary N) is 1. The standard InChI is InChI=1S/C17H27FN4O/c1-3-22-11-15(13(2)20-22)10-21-8-4-7-17(18,12-21)16(23)19-9-14-5-6-14/h11,14H,3-10,12H2,1-2H3,(H,19,23). The number of alkyl halides is 1. The highest BCUT2D eigenvalue weighted by atomic mass is 19.1. The van der Waals surface area contributed by atoms with Crippen molar-refractivity contribution < 1.29 is 9.18 Å². The Morgan fingerprint density at radius 3 is 2.96 bits per heavy atom. The second kappa shape index (κ2) is 6.59. The van der Waals surface area contributed by atoms with Gasteiger partial charge in [0.05, 0.1) is 5.69 Å². The lowest BCUT2D eigenvalue weighted by Crippen LogP contribution is -2.54. The van der Waals surface area contributed by atoms with Crippen molar-refractivity contribution in [3.05, 3.63) is 17.5 Å². The number of carbonyl (C=O) groups excluding carboxylic acids is 1. The van der Waals surface area contributed by atoms with Crippen molar-refractivity contribution in [3.63, 3.8) is 0 Å². The minimum Gasteiger partial charge on any atom is -0.353 e. The fraction of sp³-hybridized carbons (Fsp3) is 0.765. The van der Waals surface area contributed by atoms with Crippen LogP contribution in [0, 0.1) is 12.8 Å². The maximum atomic E-state index is 15.1. The molecule has 5 nitrogen and oxygen atoms in total. The molecule has 0 radical (unpaired) electrons. The summed E-state index contributed by atoms with van der Waals surface area (Å²) in [7, 11) is 0. The van der Waals surface area contributed by atoms with Crippen LogP contribution >= 0.6 is 0 Å². The highest BCUT2D eigenvalue weighted by molar-refractivity contribution is 5.85. The van der Waals surface area contributed by atoms with Crippen LogP contribution in [0.4, 0.5) is 4.39 Å². The monoisotopic (exact) mass is 322 g/mol. The number of nitrogens with zero attached hydrogens (tertiary/aromatic N) is 3. The van der Waals surface area contributed by atoms with Crippen molar-refractivity contribution in [3.8, 4) is 0 Å². The Bertz CT molecular complexity index is 569. The molecule has 128 valence electrons. The molecule has 0 spiro atoms. The predicted octanol–water partition coefficient (Wildman–Crippen LogP) is 2.04. The first-order valence-corrected chi connectivity index (χ1v) is 8.72. The molecule has 2 heterocycles. The zero-order valence-corrected chi connectivity index (χ0v) is 14.1. The minimum absolute atomic E-state index is 0.181. The number of aryl methyl sites for hydroxylation is 2. The summed E-state index contributed by atoms with van der Waals surface area (Å²) in [4.78, 5) is 14.3. The van der Waals surface area contributed by atoms with Crippen molar-refractivity contribution in [1.29, 1.82) is 0 Å². The molecule has 1 N–H and O–H groups in total. The molecular formula is C17H27FN4O. The molecule has 0 aromatic carbocycles. The molecule has 1 unspecified atom stereocenters. The first kappa shape index (κ1) is 16.4. The van der Waals surface area contributed by atoms with Gasteiger partial charge in [-0.2, -0.15) is 5.10 Å². The van der Waals surface area contributed by atoms with E-state index >= 15 is 4.39 Å². The van der Waals surface area contributed by atoms with Crippen LogP contribution in [0.1, 0.15) is 43.9 Å². The second-order valence-electron chi connectivity index (χ2n) is 7.03. The van der Waals surface area contributed by atoms with E-state index in [1.54, 1.807) is 0 Å². The van der Waals surface area contributed by atoms with Gasteiger partial charge in [0.1, 0.15) is 0 Å². The Morgan fingerprint density at radius 2 is 2.30 bits per heavy atom. The molecule has 1 aromatic rings. The molecule has 23 heavy (non-hydrogen) atoms. The van der Waals surface area contributed by atoms with E-state index in [0.29, 0.717) is 31.8 Å². The summed E-state index contributed by atoms with van der Waals surface area (Å²) in [5, 5.41) is 7.25. The molecule has 2 aliphatic rings. The second-order valence-corrected chi connectivity index (χ2v) is 7.03. The quantitative estimate of drug-likeness (QED) is 0.872. The number of rotatable bonds is 6. The molecule has 0 bridgehead atoms. The molecule has 1 aromatic heterocycles. The zero-order valence-electron chi connectivity index (χ0n) is 14.1. The van der Waals surface area contributed by atoms with Gasteiger partial charge in [-0.3, -0.25) is 14.4 Å². The maximum Gasteiger partial charge on any atom is 0.259 e. The molecule has 3 rings (SSSR count). The van der Waals surface area contributed by atoms with Crippen molar-refractivity contribution in [2.24, 2.45) is 5.92 Å². The van der Waals surface area contributed by atoms with Crippen LogP contribution in [0.15, 0.2) is 6.20 Å². The fourth-order valence-corrected chi connectivity index (χ4v) is 3.25. The summed E-state index contributed by atoms with van der Waals surface area (Å²) in [5.41, 5.74) is 0.358. The molecule has 1 saturated carbocycles. The normalized spacial score (nSPS) is 25.5. The van der Waals surface area contributed by atoms with E-state index in [2.05, 4.69) is 10.4 Å². The average molecular weight is 322 g/mol. The van der Waals surface area contributed by atoms with Gasteiger partial charge in [-0.15, -0.1) is 0 Å². The molecular weight excluding hydrogens is 295 g/mol. The topological polar surface area (TPSA) is 50.2 Å². The molecule has 1 saturated heterocycles. The Labute approximate surface area is 137 Å². The zero-order chi connectivity index (χ0) is 16.4. The van der Waals surface area contributed by atoms with Gasteiger partial charge in [-0.05, 0) is 52.0 Å². The van der Waals surface area contributed by atoms with Crippen molar-refractivity contribution in [2.45, 2.75) is 58.3 Å². The summed E-state index contributed by atoms with van der Waals surface area (Å²) < 4.78 is 17.0. The molecule has 2 fully saturated rings.